The maximum absolute atomic E-state index is 12.6. The zero-order chi connectivity index (χ0) is 16.2. The van der Waals surface area contributed by atoms with E-state index in [-0.39, 0.29) is 28.4 Å². The van der Waals surface area contributed by atoms with Crippen LogP contribution in [0, 0.1) is 0 Å². The lowest BCUT2D eigenvalue weighted by atomic mass is 10.4. The molecule has 0 aliphatic rings. The smallest absolute Gasteiger partial charge is 0.321 e. The predicted octanol–water partition coefficient (Wildman–Crippen LogP) is 1.34. The molecular weight excluding hydrogens is 332 g/mol. The second-order valence-electron chi connectivity index (χ2n) is 4.43. The van der Waals surface area contributed by atoms with Crippen molar-refractivity contribution in [1.82, 2.24) is 4.31 Å². The van der Waals surface area contributed by atoms with E-state index in [1.54, 1.807) is 26.8 Å². The van der Waals surface area contributed by atoms with Gasteiger partial charge >= 0.3 is 5.97 Å². The molecule has 6 nitrogen and oxygen atoms in total. The number of esters is 1. The molecule has 0 atom stereocenters. The molecule has 1 aromatic heterocycles. The van der Waals surface area contributed by atoms with Gasteiger partial charge in [0, 0.05) is 6.04 Å². The SMILES string of the molecule is CCOC(=O)CN(C(C)C)S(=O)(=O)c1ccc(C(N)=S)s1. The van der Waals surface area contributed by atoms with E-state index in [9.17, 15) is 13.2 Å². The number of carbonyl (C=O) groups is 1. The minimum Gasteiger partial charge on any atom is -0.465 e. The number of thiocarbonyl (C=S) groups is 1. The molecule has 118 valence electrons. The highest BCUT2D eigenvalue weighted by atomic mass is 32.2. The molecule has 0 radical (unpaired) electrons. The topological polar surface area (TPSA) is 89.7 Å². The van der Waals surface area contributed by atoms with Crippen LogP contribution in [0.5, 0.6) is 0 Å². The average Bonchev–Trinajstić information content (AvgIpc) is 2.86. The summed E-state index contributed by atoms with van der Waals surface area (Å²) in [5, 5.41) is 0. The molecule has 0 fully saturated rings. The predicted molar refractivity (Wildman–Crippen MR) is 85.9 cm³/mol. The van der Waals surface area contributed by atoms with Crippen LogP contribution in [0.15, 0.2) is 16.3 Å². The monoisotopic (exact) mass is 350 g/mol. The Morgan fingerprint density at radius 3 is 2.52 bits per heavy atom. The molecule has 0 saturated heterocycles. The van der Waals surface area contributed by atoms with Crippen molar-refractivity contribution in [3.05, 3.63) is 17.0 Å². The van der Waals surface area contributed by atoms with Crippen molar-refractivity contribution < 1.29 is 17.9 Å². The van der Waals surface area contributed by atoms with Crippen molar-refractivity contribution in [3.8, 4) is 0 Å². The minimum atomic E-state index is -3.79. The Kier molecular flexibility index (Phi) is 6.26. The summed E-state index contributed by atoms with van der Waals surface area (Å²) >= 11 is 5.81. The first-order valence-electron chi connectivity index (χ1n) is 6.27. The number of carbonyl (C=O) groups excluding carboxylic acids is 1. The van der Waals surface area contributed by atoms with Crippen LogP contribution >= 0.6 is 23.6 Å². The van der Waals surface area contributed by atoms with Crippen LogP contribution in [-0.2, 0) is 19.6 Å². The average molecular weight is 350 g/mol. The molecule has 0 saturated carbocycles. The van der Waals surface area contributed by atoms with E-state index in [0.717, 1.165) is 15.6 Å². The number of ether oxygens (including phenoxy) is 1. The quantitative estimate of drug-likeness (QED) is 0.590. The standard InChI is InChI=1S/C12H18N2O4S3/c1-4-18-10(15)7-14(8(2)3)21(16,17)11-6-5-9(20-11)12(13)19/h5-6,8H,4,7H2,1-3H3,(H2,13,19). The molecule has 1 heterocycles. The van der Waals surface area contributed by atoms with Crippen molar-refractivity contribution >= 4 is 44.5 Å². The first-order chi connectivity index (χ1) is 9.70. The number of sulfonamides is 1. The van der Waals surface area contributed by atoms with Gasteiger partial charge in [0.1, 0.15) is 15.7 Å². The molecule has 0 aromatic carbocycles. The molecule has 1 rings (SSSR count). The highest BCUT2D eigenvalue weighted by Crippen LogP contribution is 2.26. The maximum Gasteiger partial charge on any atom is 0.321 e. The van der Waals surface area contributed by atoms with Crippen LogP contribution in [-0.4, -0.2) is 42.9 Å². The number of hydrogen-bond donors (Lipinski definition) is 1. The Labute approximate surface area is 133 Å². The van der Waals surface area contributed by atoms with Crippen molar-refractivity contribution in [3.63, 3.8) is 0 Å². The van der Waals surface area contributed by atoms with E-state index in [2.05, 4.69) is 0 Å². The normalized spacial score (nSPS) is 11.9. The van der Waals surface area contributed by atoms with Crippen molar-refractivity contribution in [2.45, 2.75) is 31.0 Å². The summed E-state index contributed by atoms with van der Waals surface area (Å²) in [6.07, 6.45) is 0. The molecule has 0 aliphatic carbocycles. The highest BCUT2D eigenvalue weighted by molar-refractivity contribution is 7.91. The van der Waals surface area contributed by atoms with Gasteiger partial charge in [-0.3, -0.25) is 4.79 Å². The summed E-state index contributed by atoms with van der Waals surface area (Å²) in [6, 6.07) is 2.62. The first-order valence-corrected chi connectivity index (χ1v) is 8.93. The van der Waals surface area contributed by atoms with Gasteiger partial charge in [0.15, 0.2) is 0 Å². The lowest BCUT2D eigenvalue weighted by molar-refractivity contribution is -0.143. The Bertz CT molecular complexity index is 622. The van der Waals surface area contributed by atoms with Gasteiger partial charge in [-0.25, -0.2) is 8.42 Å². The molecule has 1 aromatic rings. The summed E-state index contributed by atoms with van der Waals surface area (Å²) in [6.45, 7) is 4.93. The molecule has 0 unspecified atom stereocenters. The van der Waals surface area contributed by atoms with E-state index in [1.165, 1.54) is 6.07 Å². The van der Waals surface area contributed by atoms with Gasteiger partial charge in [-0.1, -0.05) is 12.2 Å². The van der Waals surface area contributed by atoms with Crippen LogP contribution in [0.2, 0.25) is 0 Å². The second kappa shape index (κ2) is 7.30. The highest BCUT2D eigenvalue weighted by Gasteiger charge is 2.31. The third kappa shape index (κ3) is 4.47. The fraction of sp³-hybridized carbons (Fsp3) is 0.500. The van der Waals surface area contributed by atoms with Gasteiger partial charge in [-0.05, 0) is 32.9 Å². The van der Waals surface area contributed by atoms with Gasteiger partial charge < -0.3 is 10.5 Å². The molecule has 21 heavy (non-hydrogen) atoms. The zero-order valence-corrected chi connectivity index (χ0v) is 14.5. The summed E-state index contributed by atoms with van der Waals surface area (Å²) in [4.78, 5) is 12.2. The van der Waals surface area contributed by atoms with Gasteiger partial charge in [-0.2, -0.15) is 4.31 Å². The van der Waals surface area contributed by atoms with E-state index in [0.29, 0.717) is 4.88 Å². The molecule has 0 spiro atoms. The molecule has 2 N–H and O–H groups in total. The largest absolute Gasteiger partial charge is 0.465 e. The van der Waals surface area contributed by atoms with E-state index in [1.807, 2.05) is 0 Å². The number of rotatable bonds is 7. The van der Waals surface area contributed by atoms with Gasteiger partial charge in [0.05, 0.1) is 11.5 Å². The van der Waals surface area contributed by atoms with Crippen molar-refractivity contribution in [1.29, 1.82) is 0 Å². The summed E-state index contributed by atoms with van der Waals surface area (Å²) in [5.74, 6) is -0.582. The van der Waals surface area contributed by atoms with Crippen LogP contribution in [0.1, 0.15) is 25.6 Å². The third-order valence-electron chi connectivity index (χ3n) is 2.55. The number of thiophene rings is 1. The second-order valence-corrected chi connectivity index (χ2v) is 8.07. The number of nitrogens with zero attached hydrogens (tertiary/aromatic N) is 1. The fourth-order valence-electron chi connectivity index (χ4n) is 1.59. The molecule has 0 amide bonds. The Morgan fingerprint density at radius 2 is 2.10 bits per heavy atom. The fourth-order valence-corrected chi connectivity index (χ4v) is 4.65. The van der Waals surface area contributed by atoms with Crippen molar-refractivity contribution in [2.75, 3.05) is 13.2 Å². The Hall–Kier alpha value is -1.03. The zero-order valence-electron chi connectivity index (χ0n) is 12.0. The Balaban J connectivity index is 3.09. The Morgan fingerprint density at radius 1 is 1.48 bits per heavy atom. The van der Waals surface area contributed by atoms with Crippen LogP contribution < -0.4 is 5.73 Å². The van der Waals surface area contributed by atoms with E-state index >= 15 is 0 Å². The van der Waals surface area contributed by atoms with Gasteiger partial charge in [-0.15, -0.1) is 11.3 Å². The van der Waals surface area contributed by atoms with Crippen LogP contribution in [0.25, 0.3) is 0 Å². The molecule has 9 heteroatoms. The molecule has 0 aliphatic heterocycles. The molecular formula is C12H18N2O4S3. The maximum atomic E-state index is 12.6. The van der Waals surface area contributed by atoms with E-state index in [4.69, 9.17) is 22.7 Å². The molecule has 0 bridgehead atoms. The summed E-state index contributed by atoms with van der Waals surface area (Å²) < 4.78 is 31.2. The van der Waals surface area contributed by atoms with Gasteiger partial charge in [0.25, 0.3) is 10.0 Å². The summed E-state index contributed by atoms with van der Waals surface area (Å²) in [7, 11) is -3.79. The van der Waals surface area contributed by atoms with Crippen LogP contribution in [0.3, 0.4) is 0 Å². The lowest BCUT2D eigenvalue weighted by Gasteiger charge is -2.24. The lowest BCUT2D eigenvalue weighted by Crippen LogP contribution is -2.40. The minimum absolute atomic E-state index is 0.100. The number of hydrogen-bond acceptors (Lipinski definition) is 6. The van der Waals surface area contributed by atoms with Crippen molar-refractivity contribution in [2.24, 2.45) is 5.73 Å². The third-order valence-corrected chi connectivity index (χ3v) is 6.51. The van der Waals surface area contributed by atoms with E-state index < -0.39 is 16.0 Å². The van der Waals surface area contributed by atoms with Gasteiger partial charge in [0.2, 0.25) is 0 Å². The number of nitrogens with two attached hydrogens (primary N) is 1. The first kappa shape index (κ1) is 18.0. The van der Waals surface area contributed by atoms with Crippen LogP contribution in [0.4, 0.5) is 0 Å². The summed E-state index contributed by atoms with van der Waals surface area (Å²) in [5.41, 5.74) is 5.49.